The first kappa shape index (κ1) is 19.6. The van der Waals surface area contributed by atoms with Crippen molar-refractivity contribution in [1.29, 1.82) is 0 Å². The molecule has 2 N–H and O–H groups in total. The minimum Gasteiger partial charge on any atom is -0.326 e. The van der Waals surface area contributed by atoms with E-state index in [4.69, 9.17) is 0 Å². The summed E-state index contributed by atoms with van der Waals surface area (Å²) in [4.78, 5) is 13.0. The van der Waals surface area contributed by atoms with Crippen LogP contribution in [0, 0.1) is 33.6 Å². The van der Waals surface area contributed by atoms with E-state index in [0.717, 1.165) is 16.8 Å². The number of nitrogens with one attached hydrogen (secondary N) is 2. The first-order chi connectivity index (χ1) is 12.7. The Morgan fingerprint density at radius 3 is 2.63 bits per heavy atom. The van der Waals surface area contributed by atoms with Gasteiger partial charge in [-0.3, -0.25) is 9.89 Å². The number of benzene rings is 1. The van der Waals surface area contributed by atoms with Crippen LogP contribution < -0.4 is 5.32 Å². The van der Waals surface area contributed by atoms with Gasteiger partial charge in [-0.2, -0.15) is 9.40 Å². The maximum absolute atomic E-state index is 13.0. The molecule has 1 aliphatic heterocycles. The van der Waals surface area contributed by atoms with E-state index in [1.54, 1.807) is 13.8 Å². The van der Waals surface area contributed by atoms with Gasteiger partial charge in [-0.25, -0.2) is 8.42 Å². The number of nitrogens with zero attached hydrogens (tertiary/aromatic N) is 2. The SMILES string of the molecule is Cc1ccc(NC(=O)[C@@H]2CCCN(S(=O)(=O)c3c(C)n[nH]c3C)C2)c(C)c1. The third kappa shape index (κ3) is 3.91. The van der Waals surface area contributed by atoms with Crippen molar-refractivity contribution in [2.24, 2.45) is 5.92 Å². The number of hydrogen-bond donors (Lipinski definition) is 2. The summed E-state index contributed by atoms with van der Waals surface area (Å²) < 4.78 is 27.5. The third-order valence-corrected chi connectivity index (χ3v) is 7.18. The minimum absolute atomic E-state index is 0.137. The summed E-state index contributed by atoms with van der Waals surface area (Å²) in [5.41, 5.74) is 3.87. The molecule has 2 heterocycles. The Balaban J connectivity index is 1.76. The molecule has 1 aliphatic rings. The molecule has 1 atom stereocenters. The van der Waals surface area contributed by atoms with Crippen molar-refractivity contribution in [1.82, 2.24) is 14.5 Å². The number of aromatic amines is 1. The van der Waals surface area contributed by atoms with Gasteiger partial charge in [0.05, 0.1) is 17.3 Å². The Kier molecular flexibility index (Phi) is 5.39. The zero-order valence-corrected chi connectivity index (χ0v) is 17.0. The van der Waals surface area contributed by atoms with Crippen molar-refractivity contribution in [3.8, 4) is 0 Å². The number of rotatable bonds is 4. The van der Waals surface area contributed by atoms with Gasteiger partial charge in [0, 0.05) is 18.8 Å². The van der Waals surface area contributed by atoms with Crippen molar-refractivity contribution < 1.29 is 13.2 Å². The summed E-state index contributed by atoms with van der Waals surface area (Å²) in [6.45, 7) is 7.92. The van der Waals surface area contributed by atoms with Crippen LogP contribution in [-0.4, -0.2) is 41.9 Å². The van der Waals surface area contributed by atoms with Crippen molar-refractivity contribution in [2.75, 3.05) is 18.4 Å². The standard InChI is InChI=1S/C19H26N4O3S/c1-12-7-8-17(13(2)10-12)20-19(24)16-6-5-9-23(11-16)27(25,26)18-14(3)21-22-15(18)4/h7-8,10,16H,5-6,9,11H2,1-4H3,(H,20,24)(H,21,22)/t16-/m1/s1. The average molecular weight is 391 g/mol. The maximum Gasteiger partial charge on any atom is 0.246 e. The van der Waals surface area contributed by atoms with Gasteiger partial charge in [-0.1, -0.05) is 17.7 Å². The fraction of sp³-hybridized carbons (Fsp3) is 0.474. The molecule has 0 bridgehead atoms. The predicted molar refractivity (Wildman–Crippen MR) is 104 cm³/mol. The van der Waals surface area contributed by atoms with Gasteiger partial charge in [0.25, 0.3) is 0 Å². The monoisotopic (exact) mass is 390 g/mol. The van der Waals surface area contributed by atoms with Gasteiger partial charge in [-0.05, 0) is 52.2 Å². The van der Waals surface area contributed by atoms with Crippen molar-refractivity contribution in [3.05, 3.63) is 40.7 Å². The molecule has 1 saturated heterocycles. The molecule has 7 nitrogen and oxygen atoms in total. The Morgan fingerprint density at radius 1 is 1.26 bits per heavy atom. The van der Waals surface area contributed by atoms with Crippen molar-refractivity contribution in [3.63, 3.8) is 0 Å². The molecule has 0 saturated carbocycles. The number of carbonyl (C=O) groups is 1. The topological polar surface area (TPSA) is 95.2 Å². The van der Waals surface area contributed by atoms with Crippen molar-refractivity contribution >= 4 is 21.6 Å². The van der Waals surface area contributed by atoms with Crippen LogP contribution in [0.2, 0.25) is 0 Å². The number of piperidine rings is 1. The molecule has 1 aromatic heterocycles. The number of aromatic nitrogens is 2. The molecule has 1 aromatic carbocycles. The molecule has 1 fully saturated rings. The number of H-pyrrole nitrogens is 1. The van der Waals surface area contributed by atoms with Gasteiger partial charge in [0.2, 0.25) is 15.9 Å². The van der Waals surface area contributed by atoms with Gasteiger partial charge in [0.1, 0.15) is 4.90 Å². The second-order valence-corrected chi connectivity index (χ2v) is 9.15. The number of sulfonamides is 1. The minimum atomic E-state index is -3.67. The lowest BCUT2D eigenvalue weighted by molar-refractivity contribution is -0.120. The lowest BCUT2D eigenvalue weighted by Crippen LogP contribution is -2.44. The molecular weight excluding hydrogens is 364 g/mol. The van der Waals surface area contributed by atoms with Gasteiger partial charge >= 0.3 is 0 Å². The van der Waals surface area contributed by atoms with Crippen LogP contribution >= 0.6 is 0 Å². The first-order valence-electron chi connectivity index (χ1n) is 9.10. The Bertz CT molecular complexity index is 946. The Labute approximate surface area is 160 Å². The molecule has 27 heavy (non-hydrogen) atoms. The average Bonchev–Trinajstić information content (AvgIpc) is 2.96. The second kappa shape index (κ2) is 7.44. The van der Waals surface area contributed by atoms with Crippen LogP contribution in [-0.2, 0) is 14.8 Å². The van der Waals surface area contributed by atoms with E-state index < -0.39 is 10.0 Å². The highest BCUT2D eigenvalue weighted by molar-refractivity contribution is 7.89. The summed E-state index contributed by atoms with van der Waals surface area (Å²) in [6, 6.07) is 5.85. The molecule has 0 unspecified atom stereocenters. The molecular formula is C19H26N4O3S. The molecule has 2 aromatic rings. The molecule has 0 radical (unpaired) electrons. The third-order valence-electron chi connectivity index (χ3n) is 5.05. The van der Waals surface area contributed by atoms with Gasteiger partial charge in [0.15, 0.2) is 0 Å². The van der Waals surface area contributed by atoms with Crippen LogP contribution in [0.25, 0.3) is 0 Å². The summed E-state index contributed by atoms with van der Waals surface area (Å²) in [5, 5.41) is 9.68. The van der Waals surface area contributed by atoms with Gasteiger partial charge in [-0.15, -0.1) is 0 Å². The van der Waals surface area contributed by atoms with Crippen molar-refractivity contribution in [2.45, 2.75) is 45.4 Å². The van der Waals surface area contributed by atoms with Crippen LogP contribution in [0.4, 0.5) is 5.69 Å². The molecule has 3 rings (SSSR count). The first-order valence-corrected chi connectivity index (χ1v) is 10.5. The van der Waals surface area contributed by atoms with Crippen LogP contribution in [0.15, 0.2) is 23.1 Å². The summed E-state index contributed by atoms with van der Waals surface area (Å²) in [6.07, 6.45) is 1.33. The van der Waals surface area contributed by atoms with Crippen LogP contribution in [0.3, 0.4) is 0 Å². The summed E-state index contributed by atoms with van der Waals surface area (Å²) >= 11 is 0. The molecule has 8 heteroatoms. The number of amides is 1. The van der Waals surface area contributed by atoms with Crippen LogP contribution in [0.5, 0.6) is 0 Å². The lowest BCUT2D eigenvalue weighted by Gasteiger charge is -2.31. The number of aryl methyl sites for hydroxylation is 4. The van der Waals surface area contributed by atoms with E-state index in [2.05, 4.69) is 15.5 Å². The molecule has 146 valence electrons. The highest BCUT2D eigenvalue weighted by atomic mass is 32.2. The van der Waals surface area contributed by atoms with Gasteiger partial charge < -0.3 is 5.32 Å². The fourth-order valence-electron chi connectivity index (χ4n) is 3.61. The van der Waals surface area contributed by atoms with E-state index >= 15 is 0 Å². The molecule has 0 aliphatic carbocycles. The number of carbonyl (C=O) groups excluding carboxylic acids is 1. The van der Waals surface area contributed by atoms with E-state index in [1.807, 2.05) is 32.0 Å². The highest BCUT2D eigenvalue weighted by Crippen LogP contribution is 2.27. The molecule has 1 amide bonds. The smallest absolute Gasteiger partial charge is 0.246 e. The van der Waals surface area contributed by atoms with Crippen LogP contribution in [0.1, 0.15) is 35.4 Å². The van der Waals surface area contributed by atoms with E-state index in [-0.39, 0.29) is 23.3 Å². The normalized spacial score (nSPS) is 18.4. The zero-order valence-electron chi connectivity index (χ0n) is 16.2. The maximum atomic E-state index is 13.0. The second-order valence-electron chi connectivity index (χ2n) is 7.27. The predicted octanol–water partition coefficient (Wildman–Crippen LogP) is 2.68. The van der Waals surface area contributed by atoms with E-state index in [0.29, 0.717) is 30.8 Å². The Morgan fingerprint density at radius 2 is 2.00 bits per heavy atom. The largest absolute Gasteiger partial charge is 0.326 e. The van der Waals surface area contributed by atoms with E-state index in [1.165, 1.54) is 4.31 Å². The molecule has 0 spiro atoms. The zero-order chi connectivity index (χ0) is 19.8. The Hall–Kier alpha value is -2.19. The quantitative estimate of drug-likeness (QED) is 0.839. The summed E-state index contributed by atoms with van der Waals surface area (Å²) in [5.74, 6) is -0.510. The van der Waals surface area contributed by atoms with E-state index in [9.17, 15) is 13.2 Å². The summed E-state index contributed by atoms with van der Waals surface area (Å²) in [7, 11) is -3.67. The lowest BCUT2D eigenvalue weighted by atomic mass is 9.98. The highest BCUT2D eigenvalue weighted by Gasteiger charge is 2.35. The number of hydrogen-bond acceptors (Lipinski definition) is 4. The number of anilines is 1. The fourth-order valence-corrected chi connectivity index (χ4v) is 5.47.